The molecule has 66 valence electrons. The van der Waals surface area contributed by atoms with Crippen molar-refractivity contribution in [1.82, 2.24) is 4.98 Å². The van der Waals surface area contributed by atoms with E-state index in [1.165, 1.54) is 6.20 Å². The Labute approximate surface area is 67.2 Å². The highest BCUT2D eigenvalue weighted by molar-refractivity contribution is 5.20. The molecular weight excluding hydrogens is 169 g/mol. The number of nitrogens with zero attached hydrogens (tertiary/aromatic N) is 1. The van der Waals surface area contributed by atoms with Gasteiger partial charge in [-0.2, -0.15) is 13.2 Å². The average Bonchev–Trinajstić information content (AvgIpc) is 2.03. The van der Waals surface area contributed by atoms with Gasteiger partial charge in [0.1, 0.15) is 0 Å². The van der Waals surface area contributed by atoms with E-state index in [-0.39, 0.29) is 6.54 Å². The van der Waals surface area contributed by atoms with Gasteiger partial charge in [-0.15, -0.1) is 0 Å². The second kappa shape index (κ2) is 3.10. The van der Waals surface area contributed by atoms with Crippen LogP contribution in [0, 0.1) is 0 Å². The molecule has 0 fully saturated rings. The third-order valence-electron chi connectivity index (χ3n) is 1.36. The molecule has 1 aromatic rings. The zero-order valence-electron chi connectivity index (χ0n) is 6.10. The minimum absolute atomic E-state index is 0.0664. The summed E-state index contributed by atoms with van der Waals surface area (Å²) in [5, 5.41) is 0. The van der Waals surface area contributed by atoms with Crippen LogP contribution in [0.2, 0.25) is 0 Å². The lowest BCUT2D eigenvalue weighted by Gasteiger charge is -2.06. The molecule has 0 saturated carbocycles. The van der Waals surface area contributed by atoms with Crippen LogP contribution in [0.25, 0.3) is 0 Å². The molecule has 0 saturated heterocycles. The minimum Gasteiger partial charge on any atom is -0.326 e. The summed E-state index contributed by atoms with van der Waals surface area (Å²) in [5.41, 5.74) is 4.78. The molecule has 0 radical (unpaired) electrons. The first-order valence-corrected chi connectivity index (χ1v) is 3.25. The Hall–Kier alpha value is -1.10. The van der Waals surface area contributed by atoms with Gasteiger partial charge >= 0.3 is 6.18 Å². The fourth-order valence-electron chi connectivity index (χ4n) is 0.754. The van der Waals surface area contributed by atoms with Crippen LogP contribution in [0.4, 0.5) is 13.2 Å². The summed E-state index contributed by atoms with van der Waals surface area (Å²) in [6, 6.07) is 0.993. The maximum atomic E-state index is 12.0. The molecule has 5 heteroatoms. The van der Waals surface area contributed by atoms with Gasteiger partial charge < -0.3 is 5.73 Å². The van der Waals surface area contributed by atoms with Crippen molar-refractivity contribution < 1.29 is 13.2 Å². The second-order valence-electron chi connectivity index (χ2n) is 2.28. The quantitative estimate of drug-likeness (QED) is 0.705. The molecule has 0 aliphatic heterocycles. The van der Waals surface area contributed by atoms with Crippen LogP contribution in [0.1, 0.15) is 11.1 Å². The third-order valence-corrected chi connectivity index (χ3v) is 1.36. The molecule has 0 amide bonds. The molecule has 1 rings (SSSR count). The maximum absolute atomic E-state index is 12.0. The number of pyridine rings is 1. The maximum Gasteiger partial charge on any atom is 0.417 e. The standard InChI is InChI=1S/C7H7F3N2/c8-7(9,10)6-1-5(2-11)3-12-4-6/h1,3-4H,2,11H2. The van der Waals surface area contributed by atoms with Gasteiger partial charge in [0.15, 0.2) is 0 Å². The van der Waals surface area contributed by atoms with Crippen molar-refractivity contribution >= 4 is 0 Å². The molecule has 0 atom stereocenters. The highest BCUT2D eigenvalue weighted by Crippen LogP contribution is 2.28. The summed E-state index contributed by atoms with van der Waals surface area (Å²) in [4.78, 5) is 3.42. The van der Waals surface area contributed by atoms with E-state index < -0.39 is 11.7 Å². The molecule has 0 unspecified atom stereocenters. The SMILES string of the molecule is NCc1cncc(C(F)(F)F)c1. The van der Waals surface area contributed by atoms with Crippen LogP contribution >= 0.6 is 0 Å². The molecule has 0 bridgehead atoms. The number of nitrogens with two attached hydrogens (primary N) is 1. The number of alkyl halides is 3. The van der Waals surface area contributed by atoms with Crippen LogP contribution in [-0.2, 0) is 12.7 Å². The number of aromatic nitrogens is 1. The van der Waals surface area contributed by atoms with Crippen molar-refractivity contribution in [2.45, 2.75) is 12.7 Å². The highest BCUT2D eigenvalue weighted by atomic mass is 19.4. The van der Waals surface area contributed by atoms with Crippen molar-refractivity contribution in [2.75, 3.05) is 0 Å². The average molecular weight is 176 g/mol. The van der Waals surface area contributed by atoms with Gasteiger partial charge in [-0.05, 0) is 11.6 Å². The van der Waals surface area contributed by atoms with E-state index in [4.69, 9.17) is 5.73 Å². The molecular formula is C7H7F3N2. The molecule has 2 nitrogen and oxygen atoms in total. The van der Waals surface area contributed by atoms with Crippen molar-refractivity contribution in [1.29, 1.82) is 0 Å². The van der Waals surface area contributed by atoms with Crippen molar-refractivity contribution in [3.8, 4) is 0 Å². The molecule has 0 spiro atoms. The molecule has 0 aliphatic carbocycles. The normalized spacial score (nSPS) is 11.7. The predicted molar refractivity (Wildman–Crippen MR) is 37.1 cm³/mol. The molecule has 12 heavy (non-hydrogen) atoms. The lowest BCUT2D eigenvalue weighted by atomic mass is 10.2. The topological polar surface area (TPSA) is 38.9 Å². The van der Waals surface area contributed by atoms with Gasteiger partial charge in [-0.1, -0.05) is 0 Å². The Morgan fingerprint density at radius 3 is 2.50 bits per heavy atom. The number of hydrogen-bond donors (Lipinski definition) is 1. The zero-order chi connectivity index (χ0) is 9.19. The second-order valence-corrected chi connectivity index (χ2v) is 2.28. The van der Waals surface area contributed by atoms with Gasteiger partial charge in [-0.3, -0.25) is 4.98 Å². The molecule has 1 heterocycles. The summed E-state index contributed by atoms with van der Waals surface area (Å²) in [6.45, 7) is 0.0664. The van der Waals surface area contributed by atoms with Crippen LogP contribution in [-0.4, -0.2) is 4.98 Å². The summed E-state index contributed by atoms with van der Waals surface area (Å²) < 4.78 is 36.1. The fourth-order valence-corrected chi connectivity index (χ4v) is 0.754. The van der Waals surface area contributed by atoms with Crippen molar-refractivity contribution in [3.05, 3.63) is 29.6 Å². The molecule has 0 aromatic carbocycles. The summed E-state index contributed by atoms with van der Waals surface area (Å²) in [7, 11) is 0. The van der Waals surface area contributed by atoms with Gasteiger partial charge in [0.05, 0.1) is 5.56 Å². The van der Waals surface area contributed by atoms with E-state index in [0.717, 1.165) is 12.3 Å². The summed E-state index contributed by atoms with van der Waals surface area (Å²) >= 11 is 0. The third kappa shape index (κ3) is 1.94. The first-order valence-electron chi connectivity index (χ1n) is 3.25. The number of hydrogen-bond acceptors (Lipinski definition) is 2. The Kier molecular flexibility index (Phi) is 2.32. The Morgan fingerprint density at radius 1 is 1.33 bits per heavy atom. The van der Waals surface area contributed by atoms with Crippen LogP contribution in [0.5, 0.6) is 0 Å². The molecule has 2 N–H and O–H groups in total. The van der Waals surface area contributed by atoms with Crippen LogP contribution in [0.15, 0.2) is 18.5 Å². The summed E-state index contributed by atoms with van der Waals surface area (Å²) in [5.74, 6) is 0. The largest absolute Gasteiger partial charge is 0.417 e. The van der Waals surface area contributed by atoms with E-state index >= 15 is 0 Å². The fraction of sp³-hybridized carbons (Fsp3) is 0.286. The smallest absolute Gasteiger partial charge is 0.326 e. The van der Waals surface area contributed by atoms with E-state index in [1.807, 2.05) is 0 Å². The van der Waals surface area contributed by atoms with E-state index in [9.17, 15) is 13.2 Å². The number of rotatable bonds is 1. The lowest BCUT2D eigenvalue weighted by molar-refractivity contribution is -0.137. The Morgan fingerprint density at radius 2 is 2.00 bits per heavy atom. The van der Waals surface area contributed by atoms with Gasteiger partial charge in [0.25, 0.3) is 0 Å². The molecule has 1 aromatic heterocycles. The predicted octanol–water partition coefficient (Wildman–Crippen LogP) is 1.56. The van der Waals surface area contributed by atoms with Crippen LogP contribution < -0.4 is 5.73 Å². The monoisotopic (exact) mass is 176 g/mol. The van der Waals surface area contributed by atoms with E-state index in [2.05, 4.69) is 4.98 Å². The Bertz CT molecular complexity index is 270. The highest BCUT2D eigenvalue weighted by Gasteiger charge is 2.30. The first-order chi connectivity index (χ1) is 5.54. The first kappa shape index (κ1) is 8.99. The van der Waals surface area contributed by atoms with E-state index in [1.54, 1.807) is 0 Å². The number of halogens is 3. The van der Waals surface area contributed by atoms with E-state index in [0.29, 0.717) is 5.56 Å². The molecule has 0 aliphatic rings. The van der Waals surface area contributed by atoms with Gasteiger partial charge in [-0.25, -0.2) is 0 Å². The zero-order valence-corrected chi connectivity index (χ0v) is 6.10. The van der Waals surface area contributed by atoms with Crippen molar-refractivity contribution in [2.24, 2.45) is 5.73 Å². The van der Waals surface area contributed by atoms with Crippen LogP contribution in [0.3, 0.4) is 0 Å². The van der Waals surface area contributed by atoms with Crippen molar-refractivity contribution in [3.63, 3.8) is 0 Å². The Balaban J connectivity index is 3.02. The lowest BCUT2D eigenvalue weighted by Crippen LogP contribution is -2.07. The minimum atomic E-state index is -4.34. The van der Waals surface area contributed by atoms with Gasteiger partial charge in [0, 0.05) is 18.9 Å². The van der Waals surface area contributed by atoms with Gasteiger partial charge in [0.2, 0.25) is 0 Å². The summed E-state index contributed by atoms with van der Waals surface area (Å²) in [6.07, 6.45) is -2.24.